The van der Waals surface area contributed by atoms with Gasteiger partial charge in [0.25, 0.3) is 0 Å². The van der Waals surface area contributed by atoms with E-state index in [1.54, 1.807) is 69.3 Å². The van der Waals surface area contributed by atoms with Gasteiger partial charge >= 0.3 is 6.09 Å². The van der Waals surface area contributed by atoms with Crippen molar-refractivity contribution in [3.05, 3.63) is 65.7 Å². The number of carbonyl (C=O) groups excluding carboxylic acids is 2. The van der Waals surface area contributed by atoms with E-state index in [1.165, 1.54) is 0 Å². The van der Waals surface area contributed by atoms with E-state index < -0.39 is 17.7 Å². The van der Waals surface area contributed by atoms with Gasteiger partial charge in [0, 0.05) is 17.8 Å². The van der Waals surface area contributed by atoms with E-state index >= 15 is 0 Å². The van der Waals surface area contributed by atoms with Crippen LogP contribution in [0.5, 0.6) is 0 Å². The highest BCUT2D eigenvalue weighted by molar-refractivity contribution is 6.01. The van der Waals surface area contributed by atoms with Gasteiger partial charge in [0.1, 0.15) is 11.6 Å². The normalized spacial score (nSPS) is 11.8. The van der Waals surface area contributed by atoms with Gasteiger partial charge in [-0.05, 0) is 45.0 Å². The SMILES string of the molecule is CC(C)(C)OC(=O)NC(CNc1ccc(C#N)cc1)C(=O)c1ccccc1. The fourth-order valence-electron chi connectivity index (χ4n) is 2.35. The standard InChI is InChI=1S/C21H23N3O3/c1-21(2,3)27-20(26)24-18(19(25)16-7-5-4-6-8-16)14-23-17-11-9-15(13-22)10-12-17/h4-12,18,23H,14H2,1-3H3,(H,24,26). The first-order chi connectivity index (χ1) is 12.8. The summed E-state index contributed by atoms with van der Waals surface area (Å²) in [7, 11) is 0. The van der Waals surface area contributed by atoms with Crippen LogP contribution in [0.2, 0.25) is 0 Å². The molecule has 6 nitrogen and oxygen atoms in total. The van der Waals surface area contributed by atoms with Crippen molar-refractivity contribution in [2.75, 3.05) is 11.9 Å². The van der Waals surface area contributed by atoms with Crippen LogP contribution in [-0.4, -0.2) is 30.1 Å². The van der Waals surface area contributed by atoms with Gasteiger partial charge in [0.05, 0.1) is 11.6 Å². The molecule has 0 aliphatic heterocycles. The molecule has 0 aliphatic rings. The number of nitriles is 1. The van der Waals surface area contributed by atoms with E-state index in [0.29, 0.717) is 11.1 Å². The van der Waals surface area contributed by atoms with Gasteiger partial charge in [-0.2, -0.15) is 5.26 Å². The maximum absolute atomic E-state index is 12.8. The Kier molecular flexibility index (Phi) is 6.56. The first kappa shape index (κ1) is 20.0. The maximum atomic E-state index is 12.8. The summed E-state index contributed by atoms with van der Waals surface area (Å²) in [5.74, 6) is -0.220. The molecule has 0 radical (unpaired) electrons. The minimum Gasteiger partial charge on any atom is -0.444 e. The number of nitrogens with one attached hydrogen (secondary N) is 2. The van der Waals surface area contributed by atoms with Gasteiger partial charge in [0.2, 0.25) is 0 Å². The molecule has 2 aromatic rings. The van der Waals surface area contributed by atoms with Gasteiger partial charge in [0.15, 0.2) is 5.78 Å². The largest absolute Gasteiger partial charge is 0.444 e. The fraction of sp³-hybridized carbons (Fsp3) is 0.286. The molecule has 2 N–H and O–H groups in total. The van der Waals surface area contributed by atoms with Gasteiger partial charge in [-0.15, -0.1) is 0 Å². The van der Waals surface area contributed by atoms with Crippen molar-refractivity contribution in [1.82, 2.24) is 5.32 Å². The van der Waals surface area contributed by atoms with Crippen LogP contribution >= 0.6 is 0 Å². The second-order valence-corrected chi connectivity index (χ2v) is 7.00. The molecule has 2 aromatic carbocycles. The summed E-state index contributed by atoms with van der Waals surface area (Å²) in [6, 6.07) is 16.9. The highest BCUT2D eigenvalue weighted by atomic mass is 16.6. The average Bonchev–Trinajstić information content (AvgIpc) is 2.64. The minimum atomic E-state index is -0.808. The predicted molar refractivity (Wildman–Crippen MR) is 104 cm³/mol. The number of carbonyl (C=O) groups is 2. The molecule has 0 saturated carbocycles. The summed E-state index contributed by atoms with van der Waals surface area (Å²) >= 11 is 0. The number of anilines is 1. The van der Waals surface area contributed by atoms with Crippen LogP contribution in [0.3, 0.4) is 0 Å². The van der Waals surface area contributed by atoms with E-state index in [-0.39, 0.29) is 12.3 Å². The first-order valence-corrected chi connectivity index (χ1v) is 8.61. The summed E-state index contributed by atoms with van der Waals surface area (Å²) in [5, 5.41) is 14.6. The molecule has 1 atom stereocenters. The summed E-state index contributed by atoms with van der Waals surface area (Å²) in [6.07, 6.45) is -0.654. The minimum absolute atomic E-state index is 0.179. The van der Waals surface area contributed by atoms with Gasteiger partial charge < -0.3 is 15.4 Å². The van der Waals surface area contributed by atoms with E-state index in [0.717, 1.165) is 5.69 Å². The van der Waals surface area contributed by atoms with Crippen LogP contribution in [0.25, 0.3) is 0 Å². The molecule has 0 saturated heterocycles. The van der Waals surface area contributed by atoms with Crippen molar-refractivity contribution in [1.29, 1.82) is 5.26 Å². The summed E-state index contributed by atoms with van der Waals surface area (Å²) in [6.45, 7) is 5.46. The highest BCUT2D eigenvalue weighted by Crippen LogP contribution is 2.11. The molecule has 0 spiro atoms. The Morgan fingerprint density at radius 1 is 1.07 bits per heavy atom. The van der Waals surface area contributed by atoms with Crippen LogP contribution in [0.15, 0.2) is 54.6 Å². The summed E-state index contributed by atoms with van der Waals surface area (Å²) < 4.78 is 5.27. The molecule has 2 rings (SSSR count). The summed E-state index contributed by atoms with van der Waals surface area (Å²) in [4.78, 5) is 25.0. The van der Waals surface area contributed by atoms with Crippen molar-refractivity contribution in [3.63, 3.8) is 0 Å². The quantitative estimate of drug-likeness (QED) is 0.761. The smallest absolute Gasteiger partial charge is 0.408 e. The van der Waals surface area contributed by atoms with Crippen molar-refractivity contribution in [2.45, 2.75) is 32.4 Å². The lowest BCUT2D eigenvalue weighted by Gasteiger charge is -2.23. The van der Waals surface area contributed by atoms with Gasteiger partial charge in [-0.25, -0.2) is 4.79 Å². The van der Waals surface area contributed by atoms with E-state index in [1.807, 2.05) is 6.07 Å². The molecular formula is C21H23N3O3. The van der Waals surface area contributed by atoms with E-state index in [9.17, 15) is 9.59 Å². The van der Waals surface area contributed by atoms with Crippen molar-refractivity contribution in [3.8, 4) is 6.07 Å². The number of alkyl carbamates (subject to hydrolysis) is 1. The molecule has 0 aromatic heterocycles. The molecule has 1 unspecified atom stereocenters. The molecule has 27 heavy (non-hydrogen) atoms. The third kappa shape index (κ3) is 6.48. The monoisotopic (exact) mass is 365 g/mol. The Hall–Kier alpha value is -3.33. The fourth-order valence-corrected chi connectivity index (χ4v) is 2.35. The summed E-state index contributed by atoms with van der Waals surface area (Å²) in [5.41, 5.74) is 1.13. The molecule has 0 fully saturated rings. The molecule has 0 bridgehead atoms. The van der Waals surface area contributed by atoms with Crippen LogP contribution in [0.4, 0.5) is 10.5 Å². The third-order valence-electron chi connectivity index (χ3n) is 3.59. The topological polar surface area (TPSA) is 91.2 Å². The third-order valence-corrected chi connectivity index (χ3v) is 3.59. The zero-order valence-corrected chi connectivity index (χ0v) is 15.7. The van der Waals surface area contributed by atoms with Crippen molar-refractivity contribution < 1.29 is 14.3 Å². The number of benzene rings is 2. The first-order valence-electron chi connectivity index (χ1n) is 8.61. The molecule has 140 valence electrons. The maximum Gasteiger partial charge on any atom is 0.408 e. The van der Waals surface area contributed by atoms with Crippen LogP contribution in [0.1, 0.15) is 36.7 Å². The average molecular weight is 365 g/mol. The lowest BCUT2D eigenvalue weighted by molar-refractivity contribution is 0.0495. The van der Waals surface area contributed by atoms with Crippen molar-refractivity contribution >= 4 is 17.6 Å². The lowest BCUT2D eigenvalue weighted by Crippen LogP contribution is -2.47. The molecule has 6 heteroatoms. The zero-order valence-electron chi connectivity index (χ0n) is 15.7. The van der Waals surface area contributed by atoms with Crippen LogP contribution < -0.4 is 10.6 Å². The zero-order chi connectivity index (χ0) is 19.9. The Bertz CT molecular complexity index is 818. The number of rotatable bonds is 6. The number of Topliss-reactive ketones (excluding diaryl/α,β-unsaturated/α-hetero) is 1. The van der Waals surface area contributed by atoms with Crippen LogP contribution in [-0.2, 0) is 4.74 Å². The van der Waals surface area contributed by atoms with E-state index in [4.69, 9.17) is 10.00 Å². The number of hydrogen-bond donors (Lipinski definition) is 2. The van der Waals surface area contributed by atoms with Gasteiger partial charge in [-0.3, -0.25) is 4.79 Å². The van der Waals surface area contributed by atoms with Gasteiger partial charge in [-0.1, -0.05) is 30.3 Å². The van der Waals surface area contributed by atoms with Crippen molar-refractivity contribution in [2.24, 2.45) is 0 Å². The number of hydrogen-bond acceptors (Lipinski definition) is 5. The number of ether oxygens (including phenoxy) is 1. The second kappa shape index (κ2) is 8.86. The molecular weight excluding hydrogens is 342 g/mol. The highest BCUT2D eigenvalue weighted by Gasteiger charge is 2.25. The Balaban J connectivity index is 2.11. The van der Waals surface area contributed by atoms with E-state index in [2.05, 4.69) is 16.7 Å². The Morgan fingerprint density at radius 3 is 2.26 bits per heavy atom. The Morgan fingerprint density at radius 2 is 1.70 bits per heavy atom. The molecule has 1 amide bonds. The molecule has 0 heterocycles. The number of amides is 1. The lowest BCUT2D eigenvalue weighted by atomic mass is 10.0. The second-order valence-electron chi connectivity index (χ2n) is 7.00. The molecule has 0 aliphatic carbocycles. The Labute approximate surface area is 159 Å². The number of nitrogens with zero attached hydrogens (tertiary/aromatic N) is 1. The predicted octanol–water partition coefficient (Wildman–Crippen LogP) is 3.75. The number of ketones is 1. The van der Waals surface area contributed by atoms with Crippen LogP contribution in [0, 0.1) is 11.3 Å².